The number of carbonyl (C=O) groups is 1. The molecule has 0 saturated carbocycles. The summed E-state index contributed by atoms with van der Waals surface area (Å²) in [6, 6.07) is 11.4. The van der Waals surface area contributed by atoms with Gasteiger partial charge in [0.1, 0.15) is 11.6 Å². The Bertz CT molecular complexity index is 891. The van der Waals surface area contributed by atoms with Crippen LogP contribution in [0.2, 0.25) is 0 Å². The molecule has 1 fully saturated rings. The lowest BCUT2D eigenvalue weighted by molar-refractivity contribution is -0.128. The molecule has 0 bridgehead atoms. The van der Waals surface area contributed by atoms with E-state index in [-0.39, 0.29) is 42.0 Å². The molecule has 5 nitrogen and oxygen atoms in total. The molecule has 1 heterocycles. The minimum absolute atomic E-state index is 0. The fourth-order valence-corrected chi connectivity index (χ4v) is 3.29. The van der Waals surface area contributed by atoms with Crippen LogP contribution in [0.25, 0.3) is 0 Å². The van der Waals surface area contributed by atoms with Crippen molar-refractivity contribution in [2.45, 2.75) is 39.4 Å². The van der Waals surface area contributed by atoms with Crippen LogP contribution in [0.3, 0.4) is 0 Å². The molecule has 1 amide bonds. The monoisotopic (exact) mass is 528 g/mol. The highest BCUT2D eigenvalue weighted by Gasteiger charge is 2.19. The zero-order chi connectivity index (χ0) is 20.6. The number of amides is 1. The van der Waals surface area contributed by atoms with Crippen molar-refractivity contribution in [1.29, 1.82) is 0 Å². The van der Waals surface area contributed by atoms with E-state index in [2.05, 4.69) is 15.6 Å². The number of rotatable bonds is 7. The molecular formula is C22H27F2IN4O. The molecule has 8 heteroatoms. The van der Waals surface area contributed by atoms with Crippen LogP contribution in [0.5, 0.6) is 0 Å². The summed E-state index contributed by atoms with van der Waals surface area (Å²) < 4.78 is 27.1. The number of hydrogen-bond acceptors (Lipinski definition) is 2. The Labute approximate surface area is 193 Å². The minimum atomic E-state index is -0.474. The van der Waals surface area contributed by atoms with Gasteiger partial charge in [0, 0.05) is 38.2 Å². The van der Waals surface area contributed by atoms with Crippen molar-refractivity contribution in [3.63, 3.8) is 0 Å². The largest absolute Gasteiger partial charge is 0.357 e. The van der Waals surface area contributed by atoms with Gasteiger partial charge in [-0.1, -0.05) is 24.3 Å². The first-order valence-corrected chi connectivity index (χ1v) is 9.87. The maximum atomic E-state index is 13.8. The number of likely N-dealkylation sites (tertiary alicyclic amines) is 1. The number of hydrogen-bond donors (Lipinski definition) is 2. The molecule has 30 heavy (non-hydrogen) atoms. The van der Waals surface area contributed by atoms with Gasteiger partial charge in [0.15, 0.2) is 5.96 Å². The second kappa shape index (κ2) is 11.8. The van der Waals surface area contributed by atoms with Crippen LogP contribution in [-0.4, -0.2) is 29.9 Å². The lowest BCUT2D eigenvalue weighted by Gasteiger charge is -2.16. The van der Waals surface area contributed by atoms with Crippen LogP contribution in [0.4, 0.5) is 8.78 Å². The van der Waals surface area contributed by atoms with Crippen molar-refractivity contribution in [2.24, 2.45) is 4.99 Å². The first-order valence-electron chi connectivity index (χ1n) is 9.87. The van der Waals surface area contributed by atoms with Gasteiger partial charge in [-0.3, -0.25) is 4.79 Å². The molecule has 2 N–H and O–H groups in total. The van der Waals surface area contributed by atoms with Gasteiger partial charge in [-0.15, -0.1) is 24.0 Å². The van der Waals surface area contributed by atoms with Crippen molar-refractivity contribution in [1.82, 2.24) is 15.5 Å². The molecule has 0 unspecified atom stereocenters. The Morgan fingerprint density at radius 2 is 1.93 bits per heavy atom. The summed E-state index contributed by atoms with van der Waals surface area (Å²) in [4.78, 5) is 18.2. The Kier molecular flexibility index (Phi) is 9.48. The topological polar surface area (TPSA) is 56.7 Å². The number of guanidine groups is 1. The van der Waals surface area contributed by atoms with E-state index in [1.807, 2.05) is 36.1 Å². The molecule has 2 aromatic rings. The SMILES string of the molecule is CCNC(=NCc1cccc(CN2CCCC2=O)c1)NCc1cc(F)ccc1F.I. The number of aliphatic imine (C=N–C) groups is 1. The van der Waals surface area contributed by atoms with Crippen LogP contribution in [0.1, 0.15) is 36.5 Å². The van der Waals surface area contributed by atoms with Gasteiger partial charge in [0.2, 0.25) is 5.91 Å². The molecule has 0 aliphatic carbocycles. The molecule has 3 rings (SSSR count). The summed E-state index contributed by atoms with van der Waals surface area (Å²) in [7, 11) is 0. The van der Waals surface area contributed by atoms with Gasteiger partial charge in [0.05, 0.1) is 6.54 Å². The summed E-state index contributed by atoms with van der Waals surface area (Å²) in [5.41, 5.74) is 2.34. The molecule has 1 aliphatic rings. The molecule has 0 atom stereocenters. The summed E-state index contributed by atoms with van der Waals surface area (Å²) in [6.07, 6.45) is 1.56. The minimum Gasteiger partial charge on any atom is -0.357 e. The lowest BCUT2D eigenvalue weighted by atomic mass is 10.1. The van der Waals surface area contributed by atoms with E-state index >= 15 is 0 Å². The normalized spacial score (nSPS) is 13.9. The first kappa shape index (κ1) is 24.0. The quantitative estimate of drug-likeness (QED) is 0.325. The molecule has 1 aliphatic heterocycles. The number of benzene rings is 2. The zero-order valence-corrected chi connectivity index (χ0v) is 19.3. The van der Waals surface area contributed by atoms with Gasteiger partial charge in [-0.05, 0) is 42.7 Å². The molecular weight excluding hydrogens is 501 g/mol. The first-order chi connectivity index (χ1) is 14.0. The van der Waals surface area contributed by atoms with Gasteiger partial charge in [0.25, 0.3) is 0 Å². The van der Waals surface area contributed by atoms with Crippen LogP contribution in [0, 0.1) is 11.6 Å². The lowest BCUT2D eigenvalue weighted by Crippen LogP contribution is -2.37. The van der Waals surface area contributed by atoms with E-state index < -0.39 is 11.6 Å². The predicted molar refractivity (Wildman–Crippen MR) is 125 cm³/mol. The van der Waals surface area contributed by atoms with Crippen LogP contribution in [-0.2, 0) is 24.4 Å². The van der Waals surface area contributed by atoms with E-state index in [4.69, 9.17) is 0 Å². The van der Waals surface area contributed by atoms with Gasteiger partial charge >= 0.3 is 0 Å². The number of nitrogens with one attached hydrogen (secondary N) is 2. The average Bonchev–Trinajstić information content (AvgIpc) is 3.11. The average molecular weight is 528 g/mol. The van der Waals surface area contributed by atoms with E-state index in [9.17, 15) is 13.6 Å². The summed E-state index contributed by atoms with van der Waals surface area (Å²) in [5.74, 6) is -0.203. The second-order valence-electron chi connectivity index (χ2n) is 7.02. The third-order valence-corrected chi connectivity index (χ3v) is 4.75. The number of nitrogens with zero attached hydrogens (tertiary/aromatic N) is 2. The zero-order valence-electron chi connectivity index (χ0n) is 17.0. The Morgan fingerprint density at radius 1 is 1.13 bits per heavy atom. The molecule has 162 valence electrons. The third-order valence-electron chi connectivity index (χ3n) is 4.75. The van der Waals surface area contributed by atoms with Gasteiger partial charge < -0.3 is 15.5 Å². The van der Waals surface area contributed by atoms with Crippen molar-refractivity contribution >= 4 is 35.8 Å². The standard InChI is InChI=1S/C22H26F2N4O.HI/c1-2-25-22(27-14-18-12-19(23)8-9-20(18)24)26-13-16-5-3-6-17(11-16)15-28-10-4-7-21(28)29;/h3,5-6,8-9,11-12H,2,4,7,10,13-15H2,1H3,(H2,25,26,27);1H. The van der Waals surface area contributed by atoms with Gasteiger partial charge in [-0.25, -0.2) is 13.8 Å². The number of carbonyl (C=O) groups excluding carboxylic acids is 1. The third kappa shape index (κ3) is 6.93. The predicted octanol–water partition coefficient (Wildman–Crippen LogP) is 3.96. The maximum Gasteiger partial charge on any atom is 0.222 e. The van der Waals surface area contributed by atoms with Crippen LogP contribution in [0.15, 0.2) is 47.5 Å². The highest BCUT2D eigenvalue weighted by atomic mass is 127. The fraction of sp³-hybridized carbons (Fsp3) is 0.364. The van der Waals surface area contributed by atoms with E-state index in [1.54, 1.807) is 0 Å². The van der Waals surface area contributed by atoms with Gasteiger partial charge in [-0.2, -0.15) is 0 Å². The van der Waals surface area contributed by atoms with Crippen LogP contribution < -0.4 is 10.6 Å². The molecule has 1 saturated heterocycles. The molecule has 2 aromatic carbocycles. The molecule has 0 aromatic heterocycles. The number of halogens is 3. The fourth-order valence-electron chi connectivity index (χ4n) is 3.29. The van der Waals surface area contributed by atoms with Crippen molar-refractivity contribution in [2.75, 3.05) is 13.1 Å². The Morgan fingerprint density at radius 3 is 2.67 bits per heavy atom. The Balaban J connectivity index is 0.00000320. The Hall–Kier alpha value is -2.23. The van der Waals surface area contributed by atoms with Crippen molar-refractivity contribution in [3.8, 4) is 0 Å². The van der Waals surface area contributed by atoms with E-state index in [1.165, 1.54) is 6.07 Å². The second-order valence-corrected chi connectivity index (χ2v) is 7.02. The van der Waals surface area contributed by atoms with E-state index in [0.29, 0.717) is 32.0 Å². The highest BCUT2D eigenvalue weighted by Crippen LogP contribution is 2.15. The van der Waals surface area contributed by atoms with E-state index in [0.717, 1.165) is 36.2 Å². The van der Waals surface area contributed by atoms with Crippen molar-refractivity contribution < 1.29 is 13.6 Å². The smallest absolute Gasteiger partial charge is 0.222 e. The summed E-state index contributed by atoms with van der Waals surface area (Å²) >= 11 is 0. The maximum absolute atomic E-state index is 13.8. The van der Waals surface area contributed by atoms with Crippen LogP contribution >= 0.6 is 24.0 Å². The highest BCUT2D eigenvalue weighted by molar-refractivity contribution is 14.0. The summed E-state index contributed by atoms with van der Waals surface area (Å²) in [6.45, 7) is 4.58. The molecule has 0 radical (unpaired) electrons. The molecule has 0 spiro atoms. The van der Waals surface area contributed by atoms with Crippen molar-refractivity contribution in [3.05, 3.63) is 70.8 Å². The summed E-state index contributed by atoms with van der Waals surface area (Å²) in [5, 5.41) is 6.14.